The lowest BCUT2D eigenvalue weighted by atomic mass is 9.79. The second-order valence-corrected chi connectivity index (χ2v) is 14.9. The molecule has 11 nitrogen and oxygen atoms in total. The van der Waals surface area contributed by atoms with Crippen LogP contribution in [-0.4, -0.2) is 55.5 Å². The number of nitrogens with one attached hydrogen (secondary N) is 2. The third-order valence-electron chi connectivity index (χ3n) is 11.2. The SMILES string of the molecule is CC(=O)Nc1nc2c(ncn2[C@@H]2O[C@H](COC(c3ccccc3)(c3ccccc3)c3ccccc3)[C@@H](OC(c3ccccc3)(c3ccccc3)c3ccccc3)[C@H]2O)c(=O)[nH]1. The lowest BCUT2D eigenvalue weighted by Crippen LogP contribution is -2.46. The molecule has 1 aliphatic rings. The van der Waals surface area contributed by atoms with Crippen LogP contribution in [0.25, 0.3) is 11.2 Å². The van der Waals surface area contributed by atoms with Gasteiger partial charge in [0.2, 0.25) is 11.9 Å². The van der Waals surface area contributed by atoms with Gasteiger partial charge >= 0.3 is 0 Å². The molecule has 304 valence electrons. The predicted octanol–water partition coefficient (Wildman–Crippen LogP) is 7.72. The van der Waals surface area contributed by atoms with Crippen LogP contribution in [0.5, 0.6) is 0 Å². The van der Waals surface area contributed by atoms with E-state index in [1.807, 2.05) is 182 Å². The number of anilines is 1. The molecule has 4 atom stereocenters. The molecule has 8 aromatic rings. The van der Waals surface area contributed by atoms with E-state index in [9.17, 15) is 14.7 Å². The van der Waals surface area contributed by atoms with Crippen molar-refractivity contribution in [1.82, 2.24) is 19.5 Å². The van der Waals surface area contributed by atoms with E-state index in [0.717, 1.165) is 33.4 Å². The van der Waals surface area contributed by atoms with Crippen molar-refractivity contribution in [2.24, 2.45) is 0 Å². The van der Waals surface area contributed by atoms with Crippen LogP contribution in [0.1, 0.15) is 46.5 Å². The molecule has 0 unspecified atom stereocenters. The van der Waals surface area contributed by atoms with E-state index in [4.69, 9.17) is 14.2 Å². The normalized spacial score (nSPS) is 17.9. The minimum atomic E-state index is -1.37. The number of ether oxygens (including phenoxy) is 3. The summed E-state index contributed by atoms with van der Waals surface area (Å²) in [6.45, 7) is 1.25. The number of rotatable bonds is 13. The van der Waals surface area contributed by atoms with Crippen molar-refractivity contribution >= 4 is 23.0 Å². The molecule has 1 aliphatic heterocycles. The first-order chi connectivity index (χ1) is 29.9. The number of carbonyl (C=O) groups is 1. The first-order valence-electron chi connectivity index (χ1n) is 20.1. The average molecular weight is 810 g/mol. The van der Waals surface area contributed by atoms with Gasteiger partial charge < -0.3 is 19.3 Å². The Morgan fingerprint density at radius 2 is 1.10 bits per heavy atom. The highest BCUT2D eigenvalue weighted by Crippen LogP contribution is 2.47. The molecule has 0 radical (unpaired) electrons. The zero-order chi connectivity index (χ0) is 41.8. The molecule has 11 heteroatoms. The van der Waals surface area contributed by atoms with Crippen LogP contribution in [0.15, 0.2) is 193 Å². The largest absolute Gasteiger partial charge is 0.386 e. The van der Waals surface area contributed by atoms with Gasteiger partial charge in [0.15, 0.2) is 17.4 Å². The Labute approximate surface area is 352 Å². The van der Waals surface area contributed by atoms with Crippen LogP contribution < -0.4 is 10.9 Å². The van der Waals surface area contributed by atoms with Crippen LogP contribution in [0.3, 0.4) is 0 Å². The number of aliphatic hydroxyl groups excluding tert-OH is 1. The number of aliphatic hydroxyl groups is 1. The molecule has 6 aromatic carbocycles. The molecule has 3 heterocycles. The maximum Gasteiger partial charge on any atom is 0.280 e. The third kappa shape index (κ3) is 7.34. The van der Waals surface area contributed by atoms with Gasteiger partial charge in [-0.25, -0.2) is 4.98 Å². The molecule has 3 N–H and O–H groups in total. The second-order valence-electron chi connectivity index (χ2n) is 14.9. The van der Waals surface area contributed by atoms with Crippen molar-refractivity contribution < 1.29 is 24.1 Å². The number of H-pyrrole nitrogens is 1. The molecule has 0 saturated carbocycles. The monoisotopic (exact) mass is 809 g/mol. The third-order valence-corrected chi connectivity index (χ3v) is 11.2. The van der Waals surface area contributed by atoms with Crippen molar-refractivity contribution in [3.63, 3.8) is 0 Å². The zero-order valence-corrected chi connectivity index (χ0v) is 33.2. The smallest absolute Gasteiger partial charge is 0.280 e. The molecule has 1 amide bonds. The fourth-order valence-electron chi connectivity index (χ4n) is 8.47. The highest BCUT2D eigenvalue weighted by Gasteiger charge is 2.52. The van der Waals surface area contributed by atoms with E-state index in [1.165, 1.54) is 17.8 Å². The zero-order valence-electron chi connectivity index (χ0n) is 33.2. The minimum absolute atomic E-state index is 0.00511. The summed E-state index contributed by atoms with van der Waals surface area (Å²) >= 11 is 0. The van der Waals surface area contributed by atoms with Gasteiger partial charge in [0.1, 0.15) is 29.5 Å². The first kappa shape index (κ1) is 39.4. The average Bonchev–Trinajstić information content (AvgIpc) is 3.87. The van der Waals surface area contributed by atoms with Gasteiger partial charge in [-0.1, -0.05) is 182 Å². The number of carbonyl (C=O) groups excluding carboxylic acids is 1. The van der Waals surface area contributed by atoms with Gasteiger partial charge in [-0.15, -0.1) is 0 Å². The number of amides is 1. The lowest BCUT2D eigenvalue weighted by molar-refractivity contribution is -0.131. The Kier molecular flexibility index (Phi) is 10.9. The number of imidazole rings is 1. The number of hydrogen-bond donors (Lipinski definition) is 3. The molecule has 0 aliphatic carbocycles. The minimum Gasteiger partial charge on any atom is -0.386 e. The fraction of sp³-hybridized carbons (Fsp3) is 0.160. The number of aromatic amines is 1. The molecular weight excluding hydrogens is 767 g/mol. The van der Waals surface area contributed by atoms with Gasteiger partial charge in [-0.05, 0) is 33.4 Å². The summed E-state index contributed by atoms with van der Waals surface area (Å²) in [5.41, 5.74) is 2.32. The van der Waals surface area contributed by atoms with E-state index >= 15 is 0 Å². The quantitative estimate of drug-likeness (QED) is 0.101. The Morgan fingerprint density at radius 3 is 1.51 bits per heavy atom. The van der Waals surface area contributed by atoms with Gasteiger partial charge in [-0.3, -0.25) is 24.5 Å². The Bertz CT molecular complexity index is 2580. The second kappa shape index (κ2) is 16.9. The highest BCUT2D eigenvalue weighted by atomic mass is 16.6. The van der Waals surface area contributed by atoms with Gasteiger partial charge in [0.05, 0.1) is 12.9 Å². The van der Waals surface area contributed by atoms with Crippen molar-refractivity contribution in [2.75, 3.05) is 11.9 Å². The summed E-state index contributed by atoms with van der Waals surface area (Å²) in [4.78, 5) is 36.7. The number of hydrogen-bond acceptors (Lipinski definition) is 8. The van der Waals surface area contributed by atoms with Crippen LogP contribution >= 0.6 is 0 Å². The summed E-state index contributed by atoms with van der Waals surface area (Å²) < 4.78 is 23.4. The number of fused-ring (bicyclic) bond motifs is 1. The summed E-state index contributed by atoms with van der Waals surface area (Å²) in [6.07, 6.45) is -3.13. The molecule has 61 heavy (non-hydrogen) atoms. The van der Waals surface area contributed by atoms with Crippen molar-refractivity contribution in [2.45, 2.75) is 42.7 Å². The van der Waals surface area contributed by atoms with Crippen LogP contribution in [0.4, 0.5) is 5.95 Å². The summed E-state index contributed by atoms with van der Waals surface area (Å²) in [7, 11) is 0. The molecule has 0 spiro atoms. The van der Waals surface area contributed by atoms with Crippen LogP contribution in [0.2, 0.25) is 0 Å². The van der Waals surface area contributed by atoms with E-state index in [0.29, 0.717) is 0 Å². The van der Waals surface area contributed by atoms with Crippen LogP contribution in [-0.2, 0) is 30.2 Å². The van der Waals surface area contributed by atoms with Crippen molar-refractivity contribution in [3.8, 4) is 0 Å². The van der Waals surface area contributed by atoms with E-state index in [2.05, 4.69) is 20.3 Å². The molecule has 2 aromatic heterocycles. The molecular formula is C50H43N5O6. The Hall–Kier alpha value is -7.02. The summed E-state index contributed by atoms with van der Waals surface area (Å²) in [5, 5.41) is 15.3. The first-order valence-corrected chi connectivity index (χ1v) is 20.1. The van der Waals surface area contributed by atoms with E-state index in [1.54, 1.807) is 0 Å². The van der Waals surface area contributed by atoms with Crippen molar-refractivity contribution in [1.29, 1.82) is 0 Å². The van der Waals surface area contributed by atoms with Gasteiger partial charge in [0.25, 0.3) is 5.56 Å². The Morgan fingerprint density at radius 1 is 0.689 bits per heavy atom. The lowest BCUT2D eigenvalue weighted by Gasteiger charge is -2.41. The highest BCUT2D eigenvalue weighted by molar-refractivity contribution is 5.87. The van der Waals surface area contributed by atoms with Crippen LogP contribution in [0, 0.1) is 0 Å². The molecule has 0 bridgehead atoms. The summed E-state index contributed by atoms with van der Waals surface area (Å²) in [5.74, 6) is -0.490. The number of benzene rings is 6. The molecule has 9 rings (SSSR count). The molecule has 1 saturated heterocycles. The predicted molar refractivity (Wildman–Crippen MR) is 232 cm³/mol. The maximum atomic E-state index is 13.2. The standard InChI is InChI=1S/C50H43N5O6/c1-34(56)52-48-53-45-42(46(58)54-48)51-33-55(45)47-43(57)44(61-50(38-26-14-5-15-27-38,39-28-16-6-17-29-39)40-30-18-7-19-31-40)41(60-47)32-59-49(35-20-8-2-9-21-35,36-22-10-3-11-23-36)37-24-12-4-13-25-37/h2-31,33,41,43-44,47,57H,32H2,1H3,(H2,52,53,54,56,58)/t41-,43-,44-,47-/m1/s1. The van der Waals surface area contributed by atoms with E-state index in [-0.39, 0.29) is 23.7 Å². The topological polar surface area (TPSA) is 141 Å². The molecule has 1 fully saturated rings. The Balaban J connectivity index is 1.22. The van der Waals surface area contributed by atoms with Gasteiger partial charge in [0, 0.05) is 6.92 Å². The fourth-order valence-corrected chi connectivity index (χ4v) is 8.47. The summed E-state index contributed by atoms with van der Waals surface area (Å²) in [6, 6.07) is 59.8. The van der Waals surface area contributed by atoms with E-state index < -0.39 is 47.2 Å². The number of aromatic nitrogens is 4. The van der Waals surface area contributed by atoms with Crippen molar-refractivity contribution in [3.05, 3.63) is 232 Å². The van der Waals surface area contributed by atoms with Gasteiger partial charge in [-0.2, -0.15) is 4.98 Å². The maximum absolute atomic E-state index is 13.2. The number of nitrogens with zero attached hydrogens (tertiary/aromatic N) is 3.